The zero-order valence-electron chi connectivity index (χ0n) is 12.8. The van der Waals surface area contributed by atoms with E-state index in [-0.39, 0.29) is 6.10 Å². The molecule has 1 unspecified atom stereocenters. The molecule has 0 saturated carbocycles. The third-order valence-electron chi connectivity index (χ3n) is 3.59. The van der Waals surface area contributed by atoms with Crippen LogP contribution in [-0.4, -0.2) is 48.0 Å². The molecular weight excluding hydrogens is 330 g/mol. The molecule has 1 aliphatic rings. The van der Waals surface area contributed by atoms with Gasteiger partial charge < -0.3 is 9.26 Å². The molecule has 10 heteroatoms. The SMILES string of the molecule is c1ccc(-c2noc(CSc3nnnn3CC3CCCO3)n2)nc1. The molecule has 9 nitrogen and oxygen atoms in total. The number of tetrazole rings is 1. The number of ether oxygens (including phenoxy) is 1. The summed E-state index contributed by atoms with van der Waals surface area (Å²) in [6.07, 6.45) is 4.01. The lowest BCUT2D eigenvalue weighted by Gasteiger charge is -2.09. The lowest BCUT2D eigenvalue weighted by molar-refractivity contribution is 0.0912. The van der Waals surface area contributed by atoms with E-state index in [2.05, 4.69) is 30.7 Å². The van der Waals surface area contributed by atoms with Crippen LogP contribution in [-0.2, 0) is 17.0 Å². The second-order valence-electron chi connectivity index (χ2n) is 5.29. The van der Waals surface area contributed by atoms with Gasteiger partial charge in [-0.1, -0.05) is 23.0 Å². The van der Waals surface area contributed by atoms with Gasteiger partial charge in [-0.25, -0.2) is 4.68 Å². The number of hydrogen-bond acceptors (Lipinski definition) is 9. The molecule has 124 valence electrons. The van der Waals surface area contributed by atoms with Crippen molar-refractivity contribution in [2.75, 3.05) is 6.61 Å². The Balaban J connectivity index is 1.39. The Hall–Kier alpha value is -2.33. The highest BCUT2D eigenvalue weighted by molar-refractivity contribution is 7.98. The monoisotopic (exact) mass is 345 g/mol. The Morgan fingerprint density at radius 2 is 2.33 bits per heavy atom. The predicted octanol–water partition coefficient (Wildman–Crippen LogP) is 1.59. The normalized spacial score (nSPS) is 17.4. The van der Waals surface area contributed by atoms with E-state index in [1.165, 1.54) is 11.8 Å². The largest absolute Gasteiger partial charge is 0.376 e. The molecule has 0 aliphatic carbocycles. The van der Waals surface area contributed by atoms with Gasteiger partial charge in [0, 0.05) is 12.8 Å². The molecule has 0 bridgehead atoms. The fourth-order valence-electron chi connectivity index (χ4n) is 2.43. The maximum absolute atomic E-state index is 5.62. The number of pyridine rings is 1. The first kappa shape index (κ1) is 15.2. The van der Waals surface area contributed by atoms with Crippen LogP contribution in [0.5, 0.6) is 0 Å². The van der Waals surface area contributed by atoms with Gasteiger partial charge in [0.25, 0.3) is 0 Å². The summed E-state index contributed by atoms with van der Waals surface area (Å²) in [6, 6.07) is 5.56. The van der Waals surface area contributed by atoms with Crippen molar-refractivity contribution >= 4 is 11.8 Å². The first-order valence-electron chi connectivity index (χ1n) is 7.63. The van der Waals surface area contributed by atoms with Crippen molar-refractivity contribution in [3.05, 3.63) is 30.3 Å². The molecule has 0 spiro atoms. The lowest BCUT2D eigenvalue weighted by Crippen LogP contribution is -2.16. The number of rotatable bonds is 6. The smallest absolute Gasteiger partial charge is 0.237 e. The molecule has 1 aliphatic heterocycles. The van der Waals surface area contributed by atoms with Crippen LogP contribution < -0.4 is 0 Å². The van der Waals surface area contributed by atoms with Crippen LogP contribution in [0.3, 0.4) is 0 Å². The Morgan fingerprint density at radius 3 is 3.17 bits per heavy atom. The van der Waals surface area contributed by atoms with Crippen molar-refractivity contribution < 1.29 is 9.26 Å². The standard InChI is InChI=1S/C14H15N7O2S/c1-2-6-15-11(5-1)13-16-12(23-18-13)9-24-14-17-19-20-21(14)8-10-4-3-7-22-10/h1-2,5-6,10H,3-4,7-9H2. The third-order valence-corrected chi connectivity index (χ3v) is 4.53. The fourth-order valence-corrected chi connectivity index (χ4v) is 3.16. The van der Waals surface area contributed by atoms with Crippen molar-refractivity contribution in [3.8, 4) is 11.5 Å². The molecule has 0 N–H and O–H groups in total. The van der Waals surface area contributed by atoms with E-state index >= 15 is 0 Å². The molecule has 0 amide bonds. The van der Waals surface area contributed by atoms with Gasteiger partial charge in [0.05, 0.1) is 18.4 Å². The first-order chi connectivity index (χ1) is 11.9. The quantitative estimate of drug-likeness (QED) is 0.616. The number of aromatic nitrogens is 7. The summed E-state index contributed by atoms with van der Waals surface area (Å²) < 4.78 is 12.6. The van der Waals surface area contributed by atoms with Crippen molar-refractivity contribution in [1.82, 2.24) is 35.3 Å². The van der Waals surface area contributed by atoms with E-state index in [0.717, 1.165) is 19.4 Å². The lowest BCUT2D eigenvalue weighted by atomic mass is 10.2. The highest BCUT2D eigenvalue weighted by Gasteiger charge is 2.19. The van der Waals surface area contributed by atoms with Gasteiger partial charge >= 0.3 is 0 Å². The van der Waals surface area contributed by atoms with Gasteiger partial charge in [0.2, 0.25) is 16.9 Å². The van der Waals surface area contributed by atoms with Gasteiger partial charge in [-0.2, -0.15) is 4.98 Å². The average Bonchev–Trinajstić information content (AvgIpc) is 3.37. The van der Waals surface area contributed by atoms with E-state index in [1.807, 2.05) is 18.2 Å². The van der Waals surface area contributed by atoms with Crippen LogP contribution in [0.15, 0.2) is 34.1 Å². The van der Waals surface area contributed by atoms with E-state index < -0.39 is 0 Å². The summed E-state index contributed by atoms with van der Waals surface area (Å²) in [4.78, 5) is 8.55. The Labute approximate surface area is 141 Å². The Morgan fingerprint density at radius 1 is 1.33 bits per heavy atom. The molecule has 1 fully saturated rings. The minimum Gasteiger partial charge on any atom is -0.376 e. The summed E-state index contributed by atoms with van der Waals surface area (Å²) in [6.45, 7) is 1.48. The van der Waals surface area contributed by atoms with Gasteiger partial charge in [0.15, 0.2) is 0 Å². The molecule has 3 aromatic heterocycles. The number of nitrogens with zero attached hydrogens (tertiary/aromatic N) is 7. The number of thioether (sulfide) groups is 1. The summed E-state index contributed by atoms with van der Waals surface area (Å²) >= 11 is 1.45. The Kier molecular flexibility index (Phi) is 4.47. The highest BCUT2D eigenvalue weighted by Crippen LogP contribution is 2.22. The molecule has 24 heavy (non-hydrogen) atoms. The van der Waals surface area contributed by atoms with E-state index in [4.69, 9.17) is 9.26 Å². The molecule has 1 atom stereocenters. The summed E-state index contributed by atoms with van der Waals surface area (Å²) in [5.74, 6) is 1.48. The highest BCUT2D eigenvalue weighted by atomic mass is 32.2. The van der Waals surface area contributed by atoms with Gasteiger partial charge in [0.1, 0.15) is 5.69 Å². The zero-order chi connectivity index (χ0) is 16.2. The predicted molar refractivity (Wildman–Crippen MR) is 83.9 cm³/mol. The molecule has 0 radical (unpaired) electrons. The summed E-state index contributed by atoms with van der Waals surface area (Å²) in [5, 5.41) is 16.5. The van der Waals surface area contributed by atoms with Gasteiger partial charge in [-0.3, -0.25) is 4.98 Å². The molecule has 4 heterocycles. The Bertz CT molecular complexity index is 785. The summed E-state index contributed by atoms with van der Waals surface area (Å²) in [7, 11) is 0. The molecule has 3 aromatic rings. The molecule has 4 rings (SSSR count). The average molecular weight is 345 g/mol. The fraction of sp³-hybridized carbons (Fsp3) is 0.429. The van der Waals surface area contributed by atoms with Crippen molar-refractivity contribution in [3.63, 3.8) is 0 Å². The molecular formula is C14H15N7O2S. The minimum atomic E-state index is 0.187. The van der Waals surface area contributed by atoms with Gasteiger partial charge in [-0.05, 0) is 35.4 Å². The topological polar surface area (TPSA) is 105 Å². The maximum Gasteiger partial charge on any atom is 0.237 e. The van der Waals surface area contributed by atoms with Crippen molar-refractivity contribution in [2.24, 2.45) is 0 Å². The summed E-state index contributed by atoms with van der Waals surface area (Å²) in [5.41, 5.74) is 0.681. The first-order valence-corrected chi connectivity index (χ1v) is 8.61. The van der Waals surface area contributed by atoms with E-state index in [9.17, 15) is 0 Å². The van der Waals surface area contributed by atoms with Crippen LogP contribution >= 0.6 is 11.8 Å². The minimum absolute atomic E-state index is 0.187. The van der Waals surface area contributed by atoms with Crippen LogP contribution in [0.4, 0.5) is 0 Å². The van der Waals surface area contributed by atoms with Crippen LogP contribution in [0.1, 0.15) is 18.7 Å². The number of hydrogen-bond donors (Lipinski definition) is 0. The van der Waals surface area contributed by atoms with Crippen LogP contribution in [0.2, 0.25) is 0 Å². The van der Waals surface area contributed by atoms with Crippen molar-refractivity contribution in [2.45, 2.75) is 36.4 Å². The zero-order valence-corrected chi connectivity index (χ0v) is 13.6. The second-order valence-corrected chi connectivity index (χ2v) is 6.24. The van der Waals surface area contributed by atoms with Gasteiger partial charge in [-0.15, -0.1) is 5.10 Å². The van der Waals surface area contributed by atoms with E-state index in [0.29, 0.717) is 34.9 Å². The maximum atomic E-state index is 5.62. The van der Waals surface area contributed by atoms with Crippen molar-refractivity contribution in [1.29, 1.82) is 0 Å². The van der Waals surface area contributed by atoms with Crippen LogP contribution in [0, 0.1) is 0 Å². The molecule has 1 saturated heterocycles. The second kappa shape index (κ2) is 7.05. The van der Waals surface area contributed by atoms with Crippen LogP contribution in [0.25, 0.3) is 11.5 Å². The molecule has 0 aromatic carbocycles. The van der Waals surface area contributed by atoms with E-state index in [1.54, 1.807) is 10.9 Å². The third kappa shape index (κ3) is 3.44.